The van der Waals surface area contributed by atoms with Crippen LogP contribution >= 0.6 is 12.4 Å². The predicted octanol–water partition coefficient (Wildman–Crippen LogP) is 2.51. The highest BCUT2D eigenvalue weighted by Gasteiger charge is 2.35. The van der Waals surface area contributed by atoms with E-state index in [1.807, 2.05) is 13.8 Å². The van der Waals surface area contributed by atoms with Crippen molar-refractivity contribution < 1.29 is 18.9 Å². The fraction of sp³-hybridized carbons (Fsp3) is 0.500. The van der Waals surface area contributed by atoms with Crippen LogP contribution in [0.25, 0.3) is 0 Å². The quantitative estimate of drug-likeness (QED) is 0.577. The van der Waals surface area contributed by atoms with Crippen molar-refractivity contribution in [2.75, 3.05) is 18.4 Å². The Bertz CT molecular complexity index is 720. The number of nitro groups is 1. The number of nitro benzene ring substituents is 1. The summed E-state index contributed by atoms with van der Waals surface area (Å²) in [6, 6.07) is 1.72. The van der Waals surface area contributed by atoms with Gasteiger partial charge in [-0.15, -0.1) is 12.4 Å². The number of hydrogen-bond donors (Lipinski definition) is 2. The molecule has 150 valence electrons. The van der Waals surface area contributed by atoms with Gasteiger partial charge in [-0.1, -0.05) is 20.3 Å². The monoisotopic (exact) mass is 403 g/mol. The molecule has 0 saturated carbocycles. The van der Waals surface area contributed by atoms with Crippen LogP contribution in [0.5, 0.6) is 0 Å². The van der Waals surface area contributed by atoms with Crippen molar-refractivity contribution >= 4 is 35.7 Å². The smallest absolute Gasteiger partial charge is 0.320 e. The van der Waals surface area contributed by atoms with E-state index in [2.05, 4.69) is 5.32 Å². The fourth-order valence-electron chi connectivity index (χ4n) is 2.64. The Hall–Kier alpha value is -2.46. The van der Waals surface area contributed by atoms with Crippen molar-refractivity contribution in [3.8, 4) is 0 Å². The molecule has 1 unspecified atom stereocenters. The lowest BCUT2D eigenvalue weighted by Gasteiger charge is -2.31. The molecule has 0 radical (unpaired) electrons. The van der Waals surface area contributed by atoms with E-state index in [1.165, 1.54) is 16.1 Å². The SMILES string of the molecule is CCC(C)[C@H](N)C(=O)N1CCCN1C(=O)Nc1ccc([N+](=O)[O-])c(F)c1.Cl. The predicted molar refractivity (Wildman–Crippen MR) is 99.8 cm³/mol. The molecule has 0 aliphatic carbocycles. The van der Waals surface area contributed by atoms with Crippen LogP contribution in [0.1, 0.15) is 26.7 Å². The maximum absolute atomic E-state index is 13.7. The van der Waals surface area contributed by atoms with Gasteiger partial charge in [0.25, 0.3) is 5.91 Å². The van der Waals surface area contributed by atoms with E-state index in [4.69, 9.17) is 5.73 Å². The summed E-state index contributed by atoms with van der Waals surface area (Å²) in [5, 5.41) is 15.6. The van der Waals surface area contributed by atoms with E-state index in [0.717, 1.165) is 18.6 Å². The molecule has 1 aliphatic heterocycles. The first-order chi connectivity index (χ1) is 12.3. The molecule has 0 aromatic heterocycles. The van der Waals surface area contributed by atoms with Gasteiger partial charge in [-0.2, -0.15) is 4.39 Å². The van der Waals surface area contributed by atoms with E-state index in [0.29, 0.717) is 19.5 Å². The first-order valence-electron chi connectivity index (χ1n) is 8.35. The van der Waals surface area contributed by atoms with Gasteiger partial charge in [0.05, 0.1) is 11.0 Å². The molecule has 0 spiro atoms. The summed E-state index contributed by atoms with van der Waals surface area (Å²) in [6.07, 6.45) is 1.33. The molecule has 2 atom stereocenters. The number of nitrogens with zero attached hydrogens (tertiary/aromatic N) is 3. The van der Waals surface area contributed by atoms with Crippen LogP contribution in [-0.2, 0) is 4.79 Å². The van der Waals surface area contributed by atoms with Gasteiger partial charge in [-0.05, 0) is 18.4 Å². The van der Waals surface area contributed by atoms with E-state index in [1.54, 1.807) is 0 Å². The van der Waals surface area contributed by atoms with Gasteiger partial charge in [0.2, 0.25) is 5.82 Å². The molecule has 1 aliphatic rings. The third-order valence-electron chi connectivity index (χ3n) is 4.46. The lowest BCUT2D eigenvalue weighted by molar-refractivity contribution is -0.387. The molecule has 1 aromatic rings. The number of benzene rings is 1. The first kappa shape index (κ1) is 22.6. The zero-order valence-electron chi connectivity index (χ0n) is 15.1. The number of rotatable bonds is 5. The number of nitrogens with two attached hydrogens (primary N) is 1. The maximum Gasteiger partial charge on any atom is 0.340 e. The lowest BCUT2D eigenvalue weighted by atomic mass is 9.99. The van der Waals surface area contributed by atoms with Crippen LogP contribution < -0.4 is 11.1 Å². The molecule has 1 aromatic carbocycles. The molecule has 2 rings (SSSR count). The number of urea groups is 1. The Labute approximate surface area is 162 Å². The number of halogens is 2. The molecule has 1 saturated heterocycles. The highest BCUT2D eigenvalue weighted by molar-refractivity contribution is 5.92. The third-order valence-corrected chi connectivity index (χ3v) is 4.46. The van der Waals surface area contributed by atoms with Crippen LogP contribution in [0.3, 0.4) is 0 Å². The van der Waals surface area contributed by atoms with Gasteiger partial charge >= 0.3 is 11.7 Å². The first-order valence-corrected chi connectivity index (χ1v) is 8.35. The number of nitrogens with one attached hydrogen (secondary N) is 1. The standard InChI is InChI=1S/C16H22FN5O4.ClH/c1-3-10(2)14(18)15(23)20-7-4-8-21(20)16(24)19-11-5-6-13(22(25)26)12(17)9-11;/h5-6,9-10,14H,3-4,7-8,18H2,1-2H3,(H,19,24);1H/t10?,14-;/m0./s1. The molecule has 1 heterocycles. The van der Waals surface area contributed by atoms with E-state index in [9.17, 15) is 24.1 Å². The van der Waals surface area contributed by atoms with Crippen molar-refractivity contribution in [3.63, 3.8) is 0 Å². The number of carbonyl (C=O) groups is 2. The molecule has 0 bridgehead atoms. The van der Waals surface area contributed by atoms with Crippen LogP contribution in [0.4, 0.5) is 20.6 Å². The van der Waals surface area contributed by atoms with Gasteiger partial charge in [0.1, 0.15) is 0 Å². The Balaban J connectivity index is 0.00000364. The molecule has 3 N–H and O–H groups in total. The number of hydrazine groups is 1. The highest BCUT2D eigenvalue weighted by atomic mass is 35.5. The number of carbonyl (C=O) groups excluding carboxylic acids is 2. The Morgan fingerprint density at radius 3 is 2.56 bits per heavy atom. The summed E-state index contributed by atoms with van der Waals surface area (Å²) in [5.74, 6) is -1.43. The topological polar surface area (TPSA) is 122 Å². The zero-order valence-corrected chi connectivity index (χ0v) is 15.9. The van der Waals surface area contributed by atoms with Crippen molar-refractivity contribution in [1.29, 1.82) is 0 Å². The van der Waals surface area contributed by atoms with Gasteiger partial charge in [-0.25, -0.2) is 14.8 Å². The third kappa shape index (κ3) is 5.04. The molecule has 9 nitrogen and oxygen atoms in total. The minimum atomic E-state index is -1.05. The largest absolute Gasteiger partial charge is 0.340 e. The summed E-state index contributed by atoms with van der Waals surface area (Å²) in [7, 11) is 0. The second-order valence-corrected chi connectivity index (χ2v) is 6.20. The Kier molecular flexibility index (Phi) is 7.92. The second kappa shape index (κ2) is 9.47. The Morgan fingerprint density at radius 2 is 2.00 bits per heavy atom. The maximum atomic E-state index is 13.7. The summed E-state index contributed by atoms with van der Waals surface area (Å²) >= 11 is 0. The number of hydrogen-bond acceptors (Lipinski definition) is 5. The van der Waals surface area contributed by atoms with Crippen molar-refractivity contribution in [2.45, 2.75) is 32.7 Å². The average Bonchev–Trinajstić information content (AvgIpc) is 3.09. The lowest BCUT2D eigenvalue weighted by Crippen LogP contribution is -2.53. The number of anilines is 1. The van der Waals surface area contributed by atoms with Gasteiger partial charge < -0.3 is 11.1 Å². The summed E-state index contributed by atoms with van der Waals surface area (Å²) < 4.78 is 13.7. The van der Waals surface area contributed by atoms with Crippen molar-refractivity contribution in [2.24, 2.45) is 11.7 Å². The molecule has 3 amide bonds. The molecule has 11 heteroatoms. The highest BCUT2D eigenvalue weighted by Crippen LogP contribution is 2.22. The van der Waals surface area contributed by atoms with Crippen LogP contribution in [0, 0.1) is 21.8 Å². The van der Waals surface area contributed by atoms with Crippen molar-refractivity contribution in [1.82, 2.24) is 10.0 Å². The fourth-order valence-corrected chi connectivity index (χ4v) is 2.64. The minimum Gasteiger partial charge on any atom is -0.320 e. The van der Waals surface area contributed by atoms with Gasteiger partial charge in [0, 0.05) is 30.9 Å². The summed E-state index contributed by atoms with van der Waals surface area (Å²) in [6.45, 7) is 4.48. The van der Waals surface area contributed by atoms with Gasteiger partial charge in [0.15, 0.2) is 0 Å². The minimum absolute atomic E-state index is 0. The van der Waals surface area contributed by atoms with Crippen LogP contribution in [0.2, 0.25) is 0 Å². The van der Waals surface area contributed by atoms with Crippen LogP contribution in [0.15, 0.2) is 18.2 Å². The van der Waals surface area contributed by atoms with Gasteiger partial charge in [-0.3, -0.25) is 14.9 Å². The molecule has 1 fully saturated rings. The molecule has 27 heavy (non-hydrogen) atoms. The van der Waals surface area contributed by atoms with E-state index < -0.39 is 28.5 Å². The molecular formula is C16H23ClFN5O4. The normalized spacial score (nSPS) is 15.7. The number of amides is 3. The zero-order chi connectivity index (χ0) is 19.4. The second-order valence-electron chi connectivity index (χ2n) is 6.20. The van der Waals surface area contributed by atoms with Crippen molar-refractivity contribution in [3.05, 3.63) is 34.1 Å². The molecular weight excluding hydrogens is 381 g/mol. The van der Waals surface area contributed by atoms with Crippen LogP contribution in [-0.4, -0.2) is 46.0 Å². The Morgan fingerprint density at radius 1 is 1.37 bits per heavy atom. The summed E-state index contributed by atoms with van der Waals surface area (Å²) in [5.41, 5.74) is 5.35. The summed E-state index contributed by atoms with van der Waals surface area (Å²) in [4.78, 5) is 34.8. The van der Waals surface area contributed by atoms with E-state index >= 15 is 0 Å². The average molecular weight is 404 g/mol. The van der Waals surface area contributed by atoms with E-state index in [-0.39, 0.29) is 29.9 Å².